The molecule has 23 heavy (non-hydrogen) atoms. The Morgan fingerprint density at radius 3 is 2.70 bits per heavy atom. The zero-order chi connectivity index (χ0) is 15.9. The summed E-state index contributed by atoms with van der Waals surface area (Å²) in [4.78, 5) is 12.1. The lowest BCUT2D eigenvalue weighted by atomic mass is 10.0. The molecule has 0 radical (unpaired) electrons. The summed E-state index contributed by atoms with van der Waals surface area (Å²) in [6.45, 7) is 5.56. The Morgan fingerprint density at radius 1 is 1.22 bits per heavy atom. The maximum absolute atomic E-state index is 12.9. The number of benzene rings is 1. The number of hydrogen-bond donors (Lipinski definition) is 2. The maximum atomic E-state index is 12.9. The minimum Gasteiger partial charge on any atom is -0.352 e. The third-order valence-electron chi connectivity index (χ3n) is 4.59. The van der Waals surface area contributed by atoms with E-state index in [1.807, 2.05) is 13.8 Å². The lowest BCUT2D eigenvalue weighted by Crippen LogP contribution is -2.57. The lowest BCUT2D eigenvalue weighted by molar-refractivity contribution is 0.0945. The van der Waals surface area contributed by atoms with E-state index in [0.29, 0.717) is 25.2 Å². The van der Waals surface area contributed by atoms with Crippen molar-refractivity contribution in [3.63, 3.8) is 0 Å². The third-order valence-corrected chi connectivity index (χ3v) is 6.57. The monoisotopic (exact) mass is 359 g/mol. The molecule has 1 fully saturated rings. The van der Waals surface area contributed by atoms with Crippen molar-refractivity contribution in [3.8, 4) is 0 Å². The van der Waals surface area contributed by atoms with Crippen molar-refractivity contribution in [2.24, 2.45) is 0 Å². The fourth-order valence-corrected chi connectivity index (χ4v) is 4.78. The van der Waals surface area contributed by atoms with Crippen LogP contribution in [0.2, 0.25) is 0 Å². The van der Waals surface area contributed by atoms with Gasteiger partial charge in [0.2, 0.25) is 10.0 Å². The summed E-state index contributed by atoms with van der Waals surface area (Å²) in [5.74, 6) is -0.194. The second kappa shape index (κ2) is 6.76. The first-order chi connectivity index (χ1) is 10.4. The zero-order valence-electron chi connectivity index (χ0n) is 13.2. The summed E-state index contributed by atoms with van der Waals surface area (Å²) >= 11 is 0. The van der Waals surface area contributed by atoms with E-state index in [0.717, 1.165) is 12.0 Å². The highest BCUT2D eigenvalue weighted by atomic mass is 35.5. The van der Waals surface area contributed by atoms with Crippen molar-refractivity contribution in [2.75, 3.05) is 19.6 Å². The van der Waals surface area contributed by atoms with Gasteiger partial charge in [-0.05, 0) is 38.0 Å². The minimum atomic E-state index is -3.59. The van der Waals surface area contributed by atoms with E-state index in [9.17, 15) is 13.2 Å². The SMILES string of the molecule is CC1NCCN(S(=O)(=O)c2ccc3c(c2)C(=O)NCC3)C1C.Cl. The summed E-state index contributed by atoms with van der Waals surface area (Å²) in [5, 5.41) is 6.03. The first-order valence-electron chi connectivity index (χ1n) is 7.57. The van der Waals surface area contributed by atoms with E-state index < -0.39 is 10.0 Å². The van der Waals surface area contributed by atoms with E-state index in [1.165, 1.54) is 10.4 Å². The molecule has 0 saturated carbocycles. The fourth-order valence-electron chi connectivity index (χ4n) is 3.05. The molecule has 2 unspecified atom stereocenters. The van der Waals surface area contributed by atoms with Crippen molar-refractivity contribution in [1.29, 1.82) is 0 Å². The van der Waals surface area contributed by atoms with Gasteiger partial charge in [-0.2, -0.15) is 4.31 Å². The fraction of sp³-hybridized carbons (Fsp3) is 0.533. The van der Waals surface area contributed by atoms with Gasteiger partial charge in [-0.15, -0.1) is 12.4 Å². The molecule has 0 aliphatic carbocycles. The molecule has 0 spiro atoms. The predicted molar refractivity (Wildman–Crippen MR) is 90.5 cm³/mol. The van der Waals surface area contributed by atoms with Gasteiger partial charge in [0.1, 0.15) is 0 Å². The van der Waals surface area contributed by atoms with Crippen LogP contribution in [0, 0.1) is 0 Å². The number of carbonyl (C=O) groups excluding carboxylic acids is 1. The normalized spacial score (nSPS) is 25.2. The Labute approximate surface area is 143 Å². The molecule has 1 aromatic carbocycles. The second-order valence-corrected chi connectivity index (χ2v) is 7.81. The van der Waals surface area contributed by atoms with Crippen molar-refractivity contribution < 1.29 is 13.2 Å². The summed E-state index contributed by atoms with van der Waals surface area (Å²) in [5.41, 5.74) is 1.38. The van der Waals surface area contributed by atoms with E-state index >= 15 is 0 Å². The standard InChI is InChI=1S/C15H21N3O3S.ClH/c1-10-11(2)18(8-7-16-10)22(20,21)13-4-3-12-5-6-17-15(19)14(12)9-13;/h3-4,9-11,16H,5-8H2,1-2H3,(H,17,19);1H. The van der Waals surface area contributed by atoms with Crippen molar-refractivity contribution in [3.05, 3.63) is 29.3 Å². The largest absolute Gasteiger partial charge is 0.352 e. The maximum Gasteiger partial charge on any atom is 0.251 e. The quantitative estimate of drug-likeness (QED) is 0.817. The number of halogens is 1. The first kappa shape index (κ1) is 18.2. The van der Waals surface area contributed by atoms with Gasteiger partial charge < -0.3 is 10.6 Å². The Balaban J connectivity index is 0.00000192. The molecule has 3 rings (SSSR count). The van der Waals surface area contributed by atoms with Gasteiger partial charge in [0, 0.05) is 37.3 Å². The van der Waals surface area contributed by atoms with Crippen LogP contribution in [0.3, 0.4) is 0 Å². The van der Waals surface area contributed by atoms with Gasteiger partial charge in [-0.25, -0.2) is 8.42 Å². The number of piperazine rings is 1. The number of nitrogens with one attached hydrogen (secondary N) is 2. The third kappa shape index (κ3) is 3.24. The molecule has 0 aromatic heterocycles. The Kier molecular flexibility index (Phi) is 5.35. The summed E-state index contributed by atoms with van der Waals surface area (Å²) in [7, 11) is -3.59. The van der Waals surface area contributed by atoms with Crippen LogP contribution in [0.4, 0.5) is 0 Å². The number of sulfonamides is 1. The van der Waals surface area contributed by atoms with Crippen LogP contribution in [0.5, 0.6) is 0 Å². The molecule has 2 N–H and O–H groups in total. The molecular weight excluding hydrogens is 338 g/mol. The summed E-state index contributed by atoms with van der Waals surface area (Å²) in [6, 6.07) is 4.87. The zero-order valence-corrected chi connectivity index (χ0v) is 14.8. The van der Waals surface area contributed by atoms with Crippen LogP contribution < -0.4 is 10.6 Å². The molecule has 1 amide bonds. The van der Waals surface area contributed by atoms with E-state index in [4.69, 9.17) is 0 Å². The Bertz CT molecular complexity index is 708. The van der Waals surface area contributed by atoms with Crippen molar-refractivity contribution in [2.45, 2.75) is 37.2 Å². The molecule has 0 bridgehead atoms. The molecule has 128 valence electrons. The molecular formula is C15H22ClN3O3S. The van der Waals surface area contributed by atoms with Gasteiger partial charge in [0.05, 0.1) is 4.90 Å². The van der Waals surface area contributed by atoms with E-state index in [-0.39, 0.29) is 35.3 Å². The smallest absolute Gasteiger partial charge is 0.251 e. The first-order valence-corrected chi connectivity index (χ1v) is 9.01. The number of fused-ring (bicyclic) bond motifs is 1. The molecule has 8 heteroatoms. The highest BCUT2D eigenvalue weighted by molar-refractivity contribution is 7.89. The molecule has 6 nitrogen and oxygen atoms in total. The van der Waals surface area contributed by atoms with Crippen LogP contribution in [-0.4, -0.2) is 50.3 Å². The summed E-state index contributed by atoms with van der Waals surface area (Å²) < 4.78 is 27.3. The van der Waals surface area contributed by atoms with Crippen molar-refractivity contribution >= 4 is 28.3 Å². The second-order valence-electron chi connectivity index (χ2n) is 5.92. The molecule has 2 heterocycles. The molecule has 2 aliphatic heterocycles. The topological polar surface area (TPSA) is 78.5 Å². The van der Waals surface area contributed by atoms with Crippen LogP contribution >= 0.6 is 12.4 Å². The Morgan fingerprint density at radius 2 is 1.96 bits per heavy atom. The van der Waals surface area contributed by atoms with Gasteiger partial charge in [-0.3, -0.25) is 4.79 Å². The number of carbonyl (C=O) groups is 1. The van der Waals surface area contributed by atoms with E-state index in [2.05, 4.69) is 10.6 Å². The van der Waals surface area contributed by atoms with Gasteiger partial charge in [0.25, 0.3) is 5.91 Å². The molecule has 1 saturated heterocycles. The number of nitrogens with zero attached hydrogens (tertiary/aromatic N) is 1. The summed E-state index contributed by atoms with van der Waals surface area (Å²) in [6.07, 6.45) is 0.739. The predicted octanol–water partition coefficient (Wildman–Crippen LogP) is 0.765. The highest BCUT2D eigenvalue weighted by Gasteiger charge is 2.35. The van der Waals surface area contributed by atoms with Crippen LogP contribution in [0.1, 0.15) is 29.8 Å². The average molecular weight is 360 g/mol. The molecule has 2 aliphatic rings. The van der Waals surface area contributed by atoms with Crippen LogP contribution in [0.25, 0.3) is 0 Å². The Hall–Kier alpha value is -1.15. The van der Waals surface area contributed by atoms with Crippen LogP contribution in [0.15, 0.2) is 23.1 Å². The van der Waals surface area contributed by atoms with Gasteiger partial charge in [0.15, 0.2) is 0 Å². The highest BCUT2D eigenvalue weighted by Crippen LogP contribution is 2.24. The van der Waals surface area contributed by atoms with Gasteiger partial charge in [-0.1, -0.05) is 6.07 Å². The lowest BCUT2D eigenvalue weighted by Gasteiger charge is -2.37. The molecule has 1 aromatic rings. The number of amides is 1. The van der Waals surface area contributed by atoms with Gasteiger partial charge >= 0.3 is 0 Å². The minimum absolute atomic E-state index is 0. The van der Waals surface area contributed by atoms with Crippen LogP contribution in [-0.2, 0) is 16.4 Å². The van der Waals surface area contributed by atoms with E-state index in [1.54, 1.807) is 12.1 Å². The number of rotatable bonds is 2. The number of hydrogen-bond acceptors (Lipinski definition) is 4. The van der Waals surface area contributed by atoms with Crippen molar-refractivity contribution in [1.82, 2.24) is 14.9 Å². The molecule has 2 atom stereocenters. The average Bonchev–Trinajstić information content (AvgIpc) is 2.50.